The second-order valence-corrected chi connectivity index (χ2v) is 10.6. The van der Waals surface area contributed by atoms with Crippen molar-refractivity contribution >= 4 is 37.2 Å². The summed E-state index contributed by atoms with van der Waals surface area (Å²) >= 11 is 3.51. The molecule has 0 aromatic carbocycles. The van der Waals surface area contributed by atoms with Crippen LogP contribution in [-0.4, -0.2) is 58.6 Å². The third kappa shape index (κ3) is 8.69. The van der Waals surface area contributed by atoms with Crippen LogP contribution in [0, 0.1) is 5.92 Å². The Morgan fingerprint density at radius 1 is 1.35 bits per heavy atom. The van der Waals surface area contributed by atoms with Crippen LogP contribution in [0.3, 0.4) is 0 Å². The van der Waals surface area contributed by atoms with Gasteiger partial charge in [0.25, 0.3) is 0 Å². The molecule has 0 radical (unpaired) electrons. The Hall–Kier alpha value is 0.476. The quantitative estimate of drug-likeness (QED) is 0.727. The van der Waals surface area contributed by atoms with Crippen molar-refractivity contribution in [1.82, 2.24) is 4.90 Å². The summed E-state index contributed by atoms with van der Waals surface area (Å²) in [5.74, 6) is 0.128. The summed E-state index contributed by atoms with van der Waals surface area (Å²) in [6.45, 7) is 10.5. The van der Waals surface area contributed by atoms with Gasteiger partial charge in [0.1, 0.15) is 5.60 Å². The molecule has 0 aliphatic carbocycles. The molecule has 1 aliphatic heterocycles. The molecule has 1 amide bonds. The Labute approximate surface area is 139 Å². The van der Waals surface area contributed by atoms with Crippen molar-refractivity contribution in [2.45, 2.75) is 63.7 Å². The van der Waals surface area contributed by atoms with Crippen LogP contribution in [0.2, 0.25) is 5.05 Å². The molecule has 1 aliphatic rings. The van der Waals surface area contributed by atoms with Crippen LogP contribution in [-0.2, 0) is 4.74 Å². The number of nitrogens with zero attached hydrogens (tertiary/aromatic N) is 1. The first kappa shape index (κ1) is 20.5. The van der Waals surface area contributed by atoms with Crippen molar-refractivity contribution in [2.75, 3.05) is 13.1 Å². The highest BCUT2D eigenvalue weighted by atomic mass is 79.9. The zero-order valence-electron chi connectivity index (χ0n) is 13.7. The van der Waals surface area contributed by atoms with E-state index in [-0.39, 0.29) is 30.2 Å². The molecular weight excluding hydrogens is 334 g/mol. The number of halogens is 1. The number of piperidine rings is 1. The first-order valence-corrected chi connectivity index (χ1v) is 12.6. The Bertz CT molecular complexity index is 300. The highest BCUT2D eigenvalue weighted by Gasteiger charge is 2.34. The van der Waals surface area contributed by atoms with Crippen LogP contribution >= 0.6 is 12.9 Å². The summed E-state index contributed by atoms with van der Waals surface area (Å²) in [5.41, 5.74) is -1.19. The maximum absolute atomic E-state index is 11.9. The van der Waals surface area contributed by atoms with Gasteiger partial charge in [0.15, 0.2) is 0 Å². The standard InChI is InChI=1S/C13H25NO3.CH3.BrH.Mg/c1-12(2,3)17-11(15)14-8-6-7-10(9-14)13(4,5)16;;;/h10,16H,6-9H2,1-5H3;1H3;1H;/q;;;+1/p-1. The normalized spacial score (nSPS) is 19.6. The van der Waals surface area contributed by atoms with E-state index >= 15 is 0 Å². The molecular formula is C14H28BrMgNO3. The van der Waals surface area contributed by atoms with Gasteiger partial charge in [0.2, 0.25) is 0 Å². The lowest BCUT2D eigenvalue weighted by Gasteiger charge is -2.39. The Morgan fingerprint density at radius 3 is 2.25 bits per heavy atom. The van der Waals surface area contributed by atoms with Gasteiger partial charge in [0.05, 0.1) is 5.60 Å². The van der Waals surface area contributed by atoms with Crippen molar-refractivity contribution in [1.29, 1.82) is 0 Å². The van der Waals surface area contributed by atoms with E-state index in [1.54, 1.807) is 18.7 Å². The summed E-state index contributed by atoms with van der Waals surface area (Å²) in [6, 6.07) is 0. The zero-order valence-corrected chi connectivity index (χ0v) is 16.7. The van der Waals surface area contributed by atoms with E-state index in [1.165, 1.54) is 0 Å². The number of hydrogen-bond donors (Lipinski definition) is 1. The lowest BCUT2D eigenvalue weighted by atomic mass is 9.84. The van der Waals surface area contributed by atoms with E-state index in [1.807, 2.05) is 20.8 Å². The lowest BCUT2D eigenvalue weighted by Crippen LogP contribution is -2.48. The summed E-state index contributed by atoms with van der Waals surface area (Å²) in [7, 11) is 0. The smallest absolute Gasteiger partial charge is 0.444 e. The van der Waals surface area contributed by atoms with E-state index in [2.05, 4.69) is 17.9 Å². The molecule has 6 heteroatoms. The fraction of sp³-hybridized carbons (Fsp3) is 0.929. The fourth-order valence-electron chi connectivity index (χ4n) is 2.05. The predicted octanol–water partition coefficient (Wildman–Crippen LogP) is 3.45. The number of hydrogen-bond acceptors (Lipinski definition) is 3. The molecule has 116 valence electrons. The SMILES string of the molecule is CC(C)(C)OC(=O)N1CCCC(C(C)(C)O)C1.[CH3][Mg][Br]. The minimum Gasteiger partial charge on any atom is -0.444 e. The van der Waals surface area contributed by atoms with Gasteiger partial charge in [-0.1, -0.05) is 0 Å². The lowest BCUT2D eigenvalue weighted by molar-refractivity contribution is -0.0286. The van der Waals surface area contributed by atoms with Gasteiger partial charge in [-0.15, -0.1) is 5.05 Å². The van der Waals surface area contributed by atoms with Crippen molar-refractivity contribution in [3.05, 3.63) is 0 Å². The van der Waals surface area contributed by atoms with E-state index in [0.717, 1.165) is 19.4 Å². The molecule has 4 nitrogen and oxygen atoms in total. The average Bonchev–Trinajstić information content (AvgIpc) is 2.27. The second-order valence-electron chi connectivity index (χ2n) is 6.69. The molecule has 20 heavy (non-hydrogen) atoms. The third-order valence-corrected chi connectivity index (χ3v) is 3.07. The Kier molecular flexibility index (Phi) is 9.02. The molecule has 1 fully saturated rings. The minimum absolute atomic E-state index is 0.128. The van der Waals surface area contributed by atoms with Crippen LogP contribution in [0.25, 0.3) is 0 Å². The van der Waals surface area contributed by atoms with Crippen LogP contribution in [0.4, 0.5) is 4.79 Å². The minimum atomic E-state index is -0.735. The molecule has 1 unspecified atom stereocenters. The predicted molar refractivity (Wildman–Crippen MR) is 87.4 cm³/mol. The van der Waals surface area contributed by atoms with Crippen molar-refractivity contribution < 1.29 is 14.6 Å². The number of amides is 1. The second kappa shape index (κ2) is 8.81. The highest BCUT2D eigenvalue weighted by molar-refractivity contribution is 9.23. The topological polar surface area (TPSA) is 49.8 Å². The highest BCUT2D eigenvalue weighted by Crippen LogP contribution is 2.27. The van der Waals surface area contributed by atoms with Gasteiger partial charge in [0, 0.05) is 19.0 Å². The van der Waals surface area contributed by atoms with E-state index < -0.39 is 11.2 Å². The monoisotopic (exact) mass is 361 g/mol. The van der Waals surface area contributed by atoms with Crippen LogP contribution < -0.4 is 0 Å². The van der Waals surface area contributed by atoms with Crippen molar-refractivity contribution in [3.63, 3.8) is 0 Å². The Morgan fingerprint density at radius 2 is 1.85 bits per heavy atom. The van der Waals surface area contributed by atoms with E-state index in [4.69, 9.17) is 4.74 Å². The first-order valence-electron chi connectivity index (χ1n) is 7.27. The van der Waals surface area contributed by atoms with Crippen LogP contribution in [0.5, 0.6) is 0 Å². The molecule has 1 saturated heterocycles. The molecule has 1 N–H and O–H groups in total. The number of ether oxygens (including phenoxy) is 1. The number of rotatable bonds is 1. The summed E-state index contributed by atoms with van der Waals surface area (Å²) in [5, 5.41) is 12.2. The molecule has 1 rings (SSSR count). The third-order valence-electron chi connectivity index (χ3n) is 3.07. The van der Waals surface area contributed by atoms with E-state index in [9.17, 15) is 9.90 Å². The summed E-state index contributed by atoms with van der Waals surface area (Å²) in [4.78, 5) is 13.6. The maximum Gasteiger partial charge on any atom is 0.465 e. The largest absolute Gasteiger partial charge is 0.465 e. The maximum atomic E-state index is 11.9. The molecule has 1 atom stereocenters. The molecule has 0 saturated carbocycles. The zero-order chi connectivity index (χ0) is 16.0. The molecule has 0 aromatic rings. The van der Waals surface area contributed by atoms with Crippen LogP contribution in [0.15, 0.2) is 0 Å². The number of carbonyl (C=O) groups is 1. The number of likely N-dealkylation sites (tertiary alicyclic amines) is 1. The fourth-order valence-corrected chi connectivity index (χ4v) is 2.05. The molecule has 0 bridgehead atoms. The molecule has 0 spiro atoms. The van der Waals surface area contributed by atoms with Gasteiger partial charge >= 0.3 is 24.3 Å². The molecule has 0 aromatic heterocycles. The van der Waals surface area contributed by atoms with Gasteiger partial charge in [-0.25, -0.2) is 4.79 Å². The number of aliphatic hydroxyl groups is 1. The first-order chi connectivity index (χ1) is 9.01. The van der Waals surface area contributed by atoms with Gasteiger partial charge < -0.3 is 27.6 Å². The summed E-state index contributed by atoms with van der Waals surface area (Å²) < 4.78 is 5.34. The Balaban J connectivity index is 0.00000110. The number of carbonyl (C=O) groups excluding carboxylic acids is 1. The van der Waals surface area contributed by atoms with Crippen LogP contribution in [0.1, 0.15) is 47.5 Å². The van der Waals surface area contributed by atoms with Crippen molar-refractivity contribution in [2.24, 2.45) is 5.92 Å². The summed E-state index contributed by atoms with van der Waals surface area (Å²) in [6.07, 6.45) is 1.61. The molecule has 1 heterocycles. The van der Waals surface area contributed by atoms with Gasteiger partial charge in [-0.3, -0.25) is 0 Å². The average molecular weight is 363 g/mol. The van der Waals surface area contributed by atoms with Gasteiger partial charge in [-0.2, -0.15) is 0 Å². The van der Waals surface area contributed by atoms with E-state index in [0.29, 0.717) is 6.54 Å². The van der Waals surface area contributed by atoms with Gasteiger partial charge in [-0.05, 0) is 47.5 Å². The van der Waals surface area contributed by atoms with Crippen molar-refractivity contribution in [3.8, 4) is 0 Å².